The van der Waals surface area contributed by atoms with Crippen molar-refractivity contribution >= 4 is 44.5 Å². The molecule has 1 aromatic heterocycles. The second kappa shape index (κ2) is 7.56. The van der Waals surface area contributed by atoms with Crippen molar-refractivity contribution < 1.29 is 14.7 Å². The average Bonchev–Trinajstić information content (AvgIpc) is 2.67. The lowest BCUT2D eigenvalue weighted by atomic mass is 9.87. The fraction of sp³-hybridized carbons (Fsp3) is 0.238. The second-order valence-electron chi connectivity index (χ2n) is 7.47. The van der Waals surface area contributed by atoms with Gasteiger partial charge in [-0.15, -0.1) is 0 Å². The number of rotatable bonds is 4. The fourth-order valence-corrected chi connectivity index (χ4v) is 4.53. The van der Waals surface area contributed by atoms with Crippen LogP contribution in [0, 0.1) is 5.92 Å². The Morgan fingerprint density at radius 3 is 2.60 bits per heavy atom. The molecule has 0 bridgehead atoms. The lowest BCUT2D eigenvalue weighted by molar-refractivity contribution is -0.117. The maximum atomic E-state index is 12.7. The Balaban J connectivity index is 1.68. The fourth-order valence-electron chi connectivity index (χ4n) is 4.02. The number of H-pyrrole nitrogens is 1. The summed E-state index contributed by atoms with van der Waals surface area (Å²) in [5.74, 6) is -1.42. The number of nitrogens with zero attached hydrogens (tertiary/aromatic N) is 1. The second-order valence-corrected chi connectivity index (χ2v) is 8.39. The molecule has 0 aliphatic carbocycles. The summed E-state index contributed by atoms with van der Waals surface area (Å²) in [5.41, 5.74) is 1.29. The SMILES string of the molecule is C[C@@H]1Cc2cc(Br)cc3[nH]c(=O)c(=O)n(c23)[C@H]1CC(=O)Nc1ccc(C(=O)O)cc1. The van der Waals surface area contributed by atoms with Gasteiger partial charge in [-0.05, 0) is 54.3 Å². The number of carbonyl (C=O) groups excluding carboxylic acids is 1. The number of carboxylic acid groups (broad SMARTS) is 1. The number of benzene rings is 2. The van der Waals surface area contributed by atoms with Crippen LogP contribution in [0.1, 0.15) is 35.3 Å². The highest BCUT2D eigenvalue weighted by Crippen LogP contribution is 2.35. The van der Waals surface area contributed by atoms with E-state index in [0.29, 0.717) is 23.1 Å². The van der Waals surface area contributed by atoms with E-state index < -0.39 is 23.1 Å². The first-order valence-corrected chi connectivity index (χ1v) is 10.1. The lowest BCUT2D eigenvalue weighted by Crippen LogP contribution is -2.43. The predicted molar refractivity (Wildman–Crippen MR) is 115 cm³/mol. The smallest absolute Gasteiger partial charge is 0.335 e. The molecule has 154 valence electrons. The van der Waals surface area contributed by atoms with Gasteiger partial charge < -0.3 is 15.4 Å². The standard InChI is InChI=1S/C21H18BrN3O5/c1-10-6-12-7-13(22)8-15-18(12)25(20(28)19(27)24-15)16(10)9-17(26)23-14-4-2-11(3-5-14)21(29)30/h2-5,7-8,10,16H,6,9H2,1H3,(H,23,26)(H,24,27)(H,29,30)/t10-,16+/m1/s1. The Morgan fingerprint density at radius 2 is 1.93 bits per heavy atom. The number of hydrogen-bond donors (Lipinski definition) is 3. The highest BCUT2D eigenvalue weighted by molar-refractivity contribution is 9.10. The summed E-state index contributed by atoms with van der Waals surface area (Å²) in [6.07, 6.45) is 0.669. The first-order chi connectivity index (χ1) is 14.2. The van der Waals surface area contributed by atoms with Crippen LogP contribution in [-0.4, -0.2) is 26.5 Å². The average molecular weight is 472 g/mol. The van der Waals surface area contributed by atoms with Crippen LogP contribution < -0.4 is 16.4 Å². The van der Waals surface area contributed by atoms with Crippen LogP contribution in [0.15, 0.2) is 50.5 Å². The largest absolute Gasteiger partial charge is 0.478 e. The molecule has 0 saturated carbocycles. The Hall–Kier alpha value is -3.20. The van der Waals surface area contributed by atoms with E-state index in [-0.39, 0.29) is 23.8 Å². The van der Waals surface area contributed by atoms with Crippen molar-refractivity contribution in [1.82, 2.24) is 9.55 Å². The number of nitrogens with one attached hydrogen (secondary N) is 2. The number of aromatic amines is 1. The molecule has 8 nitrogen and oxygen atoms in total. The molecule has 1 aliphatic rings. The van der Waals surface area contributed by atoms with Crippen LogP contribution in [-0.2, 0) is 11.2 Å². The zero-order valence-corrected chi connectivity index (χ0v) is 17.5. The summed E-state index contributed by atoms with van der Waals surface area (Å²) in [5, 5.41) is 11.7. The van der Waals surface area contributed by atoms with Gasteiger partial charge >= 0.3 is 17.1 Å². The molecular formula is C21H18BrN3O5. The Bertz CT molecular complexity index is 1290. The molecule has 1 amide bonds. The van der Waals surface area contributed by atoms with E-state index in [4.69, 9.17) is 5.11 Å². The van der Waals surface area contributed by atoms with Gasteiger partial charge in [0.15, 0.2) is 0 Å². The highest BCUT2D eigenvalue weighted by atomic mass is 79.9. The van der Waals surface area contributed by atoms with Gasteiger partial charge in [0.25, 0.3) is 0 Å². The van der Waals surface area contributed by atoms with Crippen molar-refractivity contribution in [1.29, 1.82) is 0 Å². The molecule has 0 unspecified atom stereocenters. The third-order valence-electron chi connectivity index (χ3n) is 5.40. The van der Waals surface area contributed by atoms with Crippen molar-refractivity contribution in [3.63, 3.8) is 0 Å². The van der Waals surface area contributed by atoms with Crippen LogP contribution in [0.5, 0.6) is 0 Å². The third kappa shape index (κ3) is 3.56. The number of aromatic nitrogens is 2. The van der Waals surface area contributed by atoms with E-state index in [2.05, 4.69) is 26.2 Å². The van der Waals surface area contributed by atoms with Crippen LogP contribution in [0.25, 0.3) is 11.0 Å². The summed E-state index contributed by atoms with van der Waals surface area (Å²) < 4.78 is 2.25. The molecule has 2 atom stereocenters. The first kappa shape index (κ1) is 20.1. The van der Waals surface area contributed by atoms with Crippen LogP contribution in [0.3, 0.4) is 0 Å². The molecule has 0 radical (unpaired) electrons. The monoisotopic (exact) mass is 471 g/mol. The van der Waals surface area contributed by atoms with Gasteiger partial charge in [0.2, 0.25) is 5.91 Å². The van der Waals surface area contributed by atoms with Crippen LogP contribution in [0.2, 0.25) is 0 Å². The Labute approximate surface area is 178 Å². The van der Waals surface area contributed by atoms with E-state index in [1.807, 2.05) is 13.0 Å². The first-order valence-electron chi connectivity index (χ1n) is 9.34. The highest BCUT2D eigenvalue weighted by Gasteiger charge is 2.31. The summed E-state index contributed by atoms with van der Waals surface area (Å²) in [6, 6.07) is 9.02. The van der Waals surface area contributed by atoms with Gasteiger partial charge in [-0.1, -0.05) is 22.9 Å². The molecule has 3 N–H and O–H groups in total. The van der Waals surface area contributed by atoms with Crippen LogP contribution >= 0.6 is 15.9 Å². The van der Waals surface area contributed by atoms with Gasteiger partial charge in [0.1, 0.15) is 0 Å². The number of carbonyl (C=O) groups is 2. The number of amides is 1. The normalized spacial score (nSPS) is 17.7. The minimum absolute atomic E-state index is 0.00973. The van der Waals surface area contributed by atoms with Gasteiger partial charge in [0.05, 0.1) is 16.6 Å². The maximum Gasteiger partial charge on any atom is 0.335 e. The van der Waals surface area contributed by atoms with E-state index in [1.54, 1.807) is 6.07 Å². The molecule has 0 fully saturated rings. The molecule has 0 saturated heterocycles. The molecule has 4 rings (SSSR count). The van der Waals surface area contributed by atoms with Gasteiger partial charge in [-0.3, -0.25) is 19.0 Å². The van der Waals surface area contributed by atoms with E-state index in [0.717, 1.165) is 10.0 Å². The zero-order chi connectivity index (χ0) is 21.6. The molecule has 2 aromatic carbocycles. The van der Waals surface area contributed by atoms with E-state index in [9.17, 15) is 19.2 Å². The maximum absolute atomic E-state index is 12.7. The van der Waals surface area contributed by atoms with E-state index in [1.165, 1.54) is 28.8 Å². The summed E-state index contributed by atoms with van der Waals surface area (Å²) in [6.45, 7) is 1.95. The number of halogens is 1. The zero-order valence-electron chi connectivity index (χ0n) is 15.9. The molecule has 3 aromatic rings. The molecule has 9 heteroatoms. The number of hydrogen-bond acceptors (Lipinski definition) is 4. The van der Waals surface area contributed by atoms with Crippen LogP contribution in [0.4, 0.5) is 5.69 Å². The lowest BCUT2D eigenvalue weighted by Gasteiger charge is -2.32. The van der Waals surface area contributed by atoms with Crippen molar-refractivity contribution in [2.75, 3.05) is 5.32 Å². The van der Waals surface area contributed by atoms with Gasteiger partial charge in [-0.2, -0.15) is 0 Å². The molecule has 0 spiro atoms. The van der Waals surface area contributed by atoms with Crippen molar-refractivity contribution in [3.05, 3.63) is 72.7 Å². The van der Waals surface area contributed by atoms with Crippen molar-refractivity contribution in [3.8, 4) is 0 Å². The topological polar surface area (TPSA) is 121 Å². The minimum atomic E-state index is -1.05. The minimum Gasteiger partial charge on any atom is -0.478 e. The molecular weight excluding hydrogens is 454 g/mol. The van der Waals surface area contributed by atoms with Crippen molar-refractivity contribution in [2.24, 2.45) is 5.92 Å². The summed E-state index contributed by atoms with van der Waals surface area (Å²) in [7, 11) is 0. The van der Waals surface area contributed by atoms with Gasteiger partial charge in [-0.25, -0.2) is 4.79 Å². The number of aromatic carboxylic acids is 1. The third-order valence-corrected chi connectivity index (χ3v) is 5.85. The number of anilines is 1. The summed E-state index contributed by atoms with van der Waals surface area (Å²) in [4.78, 5) is 51.2. The molecule has 1 aliphatic heterocycles. The van der Waals surface area contributed by atoms with Gasteiger partial charge in [0, 0.05) is 22.6 Å². The Kier molecular flexibility index (Phi) is 5.07. The molecule has 30 heavy (non-hydrogen) atoms. The molecule has 2 heterocycles. The number of carboxylic acids is 1. The Morgan fingerprint density at radius 1 is 1.23 bits per heavy atom. The van der Waals surface area contributed by atoms with Crippen molar-refractivity contribution in [2.45, 2.75) is 25.8 Å². The predicted octanol–water partition coefficient (Wildman–Crippen LogP) is 2.91. The quantitative estimate of drug-likeness (QED) is 0.505. The summed E-state index contributed by atoms with van der Waals surface area (Å²) >= 11 is 3.43. The van der Waals surface area contributed by atoms with E-state index >= 15 is 0 Å².